The molecule has 29 heavy (non-hydrogen) atoms. The van der Waals surface area contributed by atoms with Crippen LogP contribution >= 0.6 is 0 Å². The normalized spacial score (nSPS) is 11.0. The molecule has 3 rings (SSSR count). The molecule has 0 aromatic heterocycles. The topological polar surface area (TPSA) is 9.23 Å². The van der Waals surface area contributed by atoms with E-state index < -0.39 is 46.2 Å². The maximum Gasteiger partial charge on any atom is 0.205 e. The molecule has 0 N–H and O–H groups in total. The third-order valence-electron chi connectivity index (χ3n) is 3.99. The average molecular weight is 406 g/mol. The van der Waals surface area contributed by atoms with Crippen molar-refractivity contribution in [1.82, 2.24) is 0 Å². The van der Waals surface area contributed by atoms with Gasteiger partial charge in [0.15, 0.2) is 29.0 Å². The van der Waals surface area contributed by atoms with Crippen LogP contribution in [0.3, 0.4) is 0 Å². The highest BCUT2D eigenvalue weighted by Crippen LogP contribution is 2.30. The Bertz CT molecular complexity index is 1160. The lowest BCUT2D eigenvalue weighted by Gasteiger charge is -2.09. The van der Waals surface area contributed by atoms with Crippen molar-refractivity contribution in [2.45, 2.75) is 6.92 Å². The summed E-state index contributed by atoms with van der Waals surface area (Å²) in [5.74, 6) is -5.65. The summed E-state index contributed by atoms with van der Waals surface area (Å²) in [5, 5.41) is 0.674. The number of ether oxygens (including phenoxy) is 1. The fourth-order valence-electron chi connectivity index (χ4n) is 2.53. The number of halogens is 6. The summed E-state index contributed by atoms with van der Waals surface area (Å²) < 4.78 is 87.9. The maximum atomic E-state index is 14.2. The Morgan fingerprint density at radius 3 is 2.03 bits per heavy atom. The zero-order valence-corrected chi connectivity index (χ0v) is 14.9. The lowest BCUT2D eigenvalue weighted by Crippen LogP contribution is -2.06. The number of allylic oxidation sites excluding steroid dienone is 1. The molecule has 7 heteroatoms. The molecular weight excluding hydrogens is 394 g/mol. The lowest BCUT2D eigenvalue weighted by molar-refractivity contribution is 0.301. The summed E-state index contributed by atoms with van der Waals surface area (Å²) >= 11 is 0. The average Bonchev–Trinajstić information content (AvgIpc) is 2.70. The van der Waals surface area contributed by atoms with E-state index in [1.54, 1.807) is 6.92 Å². The molecule has 0 bridgehead atoms. The Hall–Kier alpha value is -3.40. The molecule has 0 atom stereocenters. The van der Waals surface area contributed by atoms with Crippen LogP contribution in [0.4, 0.5) is 26.3 Å². The van der Waals surface area contributed by atoms with Gasteiger partial charge in [-0.3, -0.25) is 0 Å². The van der Waals surface area contributed by atoms with E-state index in [1.807, 2.05) is 5.92 Å². The van der Waals surface area contributed by atoms with Crippen LogP contribution in [0.2, 0.25) is 0 Å². The molecule has 0 aliphatic rings. The molecule has 1 nitrogen and oxygen atoms in total. The van der Waals surface area contributed by atoms with E-state index in [4.69, 9.17) is 4.74 Å². The van der Waals surface area contributed by atoms with E-state index in [9.17, 15) is 26.3 Å². The van der Waals surface area contributed by atoms with Gasteiger partial charge in [0.05, 0.1) is 0 Å². The van der Waals surface area contributed by atoms with Crippen molar-refractivity contribution in [3.8, 4) is 17.6 Å². The summed E-state index contributed by atoms with van der Waals surface area (Å²) in [4.78, 5) is 0. The molecule has 0 amide bonds. The molecule has 3 aromatic rings. The predicted molar refractivity (Wildman–Crippen MR) is 96.4 cm³/mol. The SMILES string of the molecule is C/C=C/COc1c(F)c(F)c(C#Cc2ccc3cc(F)c(F)cc3c2)c(F)c1F. The minimum Gasteiger partial charge on any atom is -0.483 e. The van der Waals surface area contributed by atoms with E-state index in [-0.39, 0.29) is 12.2 Å². The van der Waals surface area contributed by atoms with Crippen molar-refractivity contribution < 1.29 is 31.1 Å². The van der Waals surface area contributed by atoms with Crippen LogP contribution in [0.1, 0.15) is 18.1 Å². The summed E-state index contributed by atoms with van der Waals surface area (Å²) in [6.07, 6.45) is 2.93. The van der Waals surface area contributed by atoms with Gasteiger partial charge in [-0.25, -0.2) is 17.6 Å². The fourth-order valence-corrected chi connectivity index (χ4v) is 2.53. The molecule has 0 saturated carbocycles. The highest BCUT2D eigenvalue weighted by atomic mass is 19.2. The summed E-state index contributed by atoms with van der Waals surface area (Å²) in [6, 6.07) is 6.09. The zero-order valence-electron chi connectivity index (χ0n) is 14.9. The van der Waals surface area contributed by atoms with Crippen molar-refractivity contribution in [2.24, 2.45) is 0 Å². The van der Waals surface area contributed by atoms with Crippen LogP contribution in [0, 0.1) is 46.7 Å². The second-order valence-electron chi connectivity index (χ2n) is 5.92. The Kier molecular flexibility index (Phi) is 5.83. The number of benzene rings is 3. The summed E-state index contributed by atoms with van der Waals surface area (Å²) in [6.45, 7) is 1.36. The minimum absolute atomic E-state index is 0.177. The van der Waals surface area contributed by atoms with E-state index in [0.717, 1.165) is 12.1 Å². The van der Waals surface area contributed by atoms with Gasteiger partial charge in [0, 0.05) is 5.56 Å². The molecule has 0 heterocycles. The van der Waals surface area contributed by atoms with Crippen LogP contribution in [0.5, 0.6) is 5.75 Å². The van der Waals surface area contributed by atoms with Crippen molar-refractivity contribution in [3.05, 3.63) is 88.5 Å². The predicted octanol–water partition coefficient (Wildman–Crippen LogP) is 6.03. The van der Waals surface area contributed by atoms with Crippen molar-refractivity contribution in [1.29, 1.82) is 0 Å². The van der Waals surface area contributed by atoms with E-state index in [0.29, 0.717) is 10.8 Å². The van der Waals surface area contributed by atoms with E-state index in [2.05, 4.69) is 5.92 Å². The first-order valence-electron chi connectivity index (χ1n) is 8.34. The van der Waals surface area contributed by atoms with E-state index >= 15 is 0 Å². The van der Waals surface area contributed by atoms with E-state index in [1.165, 1.54) is 30.4 Å². The summed E-state index contributed by atoms with van der Waals surface area (Å²) in [7, 11) is 0. The van der Waals surface area contributed by atoms with Gasteiger partial charge in [-0.15, -0.1) is 0 Å². The Morgan fingerprint density at radius 2 is 1.41 bits per heavy atom. The Morgan fingerprint density at radius 1 is 0.793 bits per heavy atom. The van der Waals surface area contributed by atoms with Gasteiger partial charge in [-0.05, 0) is 42.0 Å². The van der Waals surface area contributed by atoms with Crippen molar-refractivity contribution in [3.63, 3.8) is 0 Å². The van der Waals surface area contributed by atoms with Gasteiger partial charge in [-0.1, -0.05) is 30.1 Å². The van der Waals surface area contributed by atoms with Gasteiger partial charge >= 0.3 is 0 Å². The summed E-state index contributed by atoms with van der Waals surface area (Å²) in [5.41, 5.74) is -0.930. The highest BCUT2D eigenvalue weighted by Gasteiger charge is 2.25. The van der Waals surface area contributed by atoms with Crippen LogP contribution in [0.25, 0.3) is 10.8 Å². The third kappa shape index (κ3) is 4.06. The second kappa shape index (κ2) is 8.31. The molecule has 0 spiro atoms. The Balaban J connectivity index is 2.02. The molecule has 148 valence electrons. The number of rotatable bonds is 3. The number of fused-ring (bicyclic) bond motifs is 1. The third-order valence-corrected chi connectivity index (χ3v) is 3.99. The standard InChI is InChI=1S/C22H12F6O/c1-2-3-8-29-22-20(27)18(25)15(19(26)21(22)28)7-5-12-4-6-13-10-16(23)17(24)11-14(13)9-12/h2-4,6,9-11H,8H2,1H3/b3-2+. The van der Waals surface area contributed by atoms with Gasteiger partial charge in [0.2, 0.25) is 11.6 Å². The van der Waals surface area contributed by atoms with Crippen LogP contribution in [0.15, 0.2) is 42.5 Å². The van der Waals surface area contributed by atoms with Gasteiger partial charge < -0.3 is 4.74 Å². The van der Waals surface area contributed by atoms with Gasteiger partial charge in [-0.2, -0.15) is 8.78 Å². The first-order chi connectivity index (χ1) is 13.8. The fraction of sp³-hybridized carbons (Fsp3) is 0.0909. The molecule has 0 aliphatic heterocycles. The minimum atomic E-state index is -1.70. The van der Waals surface area contributed by atoms with Gasteiger partial charge in [0.1, 0.15) is 12.2 Å². The molecule has 0 radical (unpaired) electrons. The highest BCUT2D eigenvalue weighted by molar-refractivity contribution is 5.84. The zero-order chi connectivity index (χ0) is 21.1. The van der Waals surface area contributed by atoms with Crippen LogP contribution < -0.4 is 4.74 Å². The number of hydrogen-bond donors (Lipinski definition) is 0. The molecule has 0 aliphatic carbocycles. The molecule has 3 aromatic carbocycles. The van der Waals surface area contributed by atoms with Crippen molar-refractivity contribution >= 4 is 10.8 Å². The van der Waals surface area contributed by atoms with Crippen molar-refractivity contribution in [2.75, 3.05) is 6.61 Å². The van der Waals surface area contributed by atoms with Gasteiger partial charge in [0.25, 0.3) is 0 Å². The smallest absolute Gasteiger partial charge is 0.205 e. The Labute approximate surface area is 162 Å². The van der Waals surface area contributed by atoms with Crippen LogP contribution in [-0.4, -0.2) is 6.61 Å². The largest absolute Gasteiger partial charge is 0.483 e. The molecular formula is C22H12F6O. The molecule has 0 unspecified atom stereocenters. The first kappa shape index (κ1) is 20.3. The lowest BCUT2D eigenvalue weighted by atomic mass is 10.1. The monoisotopic (exact) mass is 406 g/mol. The molecule has 0 saturated heterocycles. The molecule has 0 fully saturated rings. The quantitative estimate of drug-likeness (QED) is 0.223. The maximum absolute atomic E-state index is 14.2. The second-order valence-corrected chi connectivity index (χ2v) is 5.92. The van der Waals surface area contributed by atoms with Crippen LogP contribution in [-0.2, 0) is 0 Å². The number of hydrogen-bond acceptors (Lipinski definition) is 1. The first-order valence-corrected chi connectivity index (χ1v) is 8.34.